The lowest BCUT2D eigenvalue weighted by Gasteiger charge is -2.42. The molecule has 0 saturated heterocycles. The first kappa shape index (κ1) is 42.2. The Bertz CT molecular complexity index is 2610. The summed E-state index contributed by atoms with van der Waals surface area (Å²) in [5.74, 6) is 0.758. The molecular formula is C54H50ClN3O5. The number of halogens is 1. The summed E-state index contributed by atoms with van der Waals surface area (Å²) in [6, 6.07) is 61.6. The summed E-state index contributed by atoms with van der Waals surface area (Å²) in [7, 11) is 1.68. The van der Waals surface area contributed by atoms with E-state index in [0.717, 1.165) is 50.2 Å². The van der Waals surface area contributed by atoms with Gasteiger partial charge < -0.3 is 28.3 Å². The normalized spacial score (nSPS) is 18.7. The molecule has 8 aromatic rings. The van der Waals surface area contributed by atoms with Crippen LogP contribution in [0.15, 0.2) is 195 Å². The van der Waals surface area contributed by atoms with Crippen molar-refractivity contribution in [1.29, 1.82) is 0 Å². The number of benzene rings is 6. The van der Waals surface area contributed by atoms with Gasteiger partial charge in [-0.2, -0.15) is 0 Å². The zero-order valence-corrected chi connectivity index (χ0v) is 36.0. The van der Waals surface area contributed by atoms with Gasteiger partial charge in [0, 0.05) is 11.6 Å². The number of hydrogen-bond donors (Lipinski definition) is 0. The SMILES string of the molecule is COc1ccc(C(OC[C@@]2(COCc3ccccc3)C[C@@H](n3ccc4c(Cl)ncnc43)[C@H](OCc3ccccc3)[C@@H]2OCc2ccccc2)(c2ccccc2)c2ccccc2)cc1. The molecule has 0 spiro atoms. The highest BCUT2D eigenvalue weighted by Crippen LogP contribution is 2.52. The molecule has 0 aliphatic heterocycles. The van der Waals surface area contributed by atoms with Crippen LogP contribution in [0.4, 0.5) is 0 Å². The van der Waals surface area contributed by atoms with E-state index in [1.165, 1.54) is 6.33 Å². The Morgan fingerprint density at radius 3 is 1.70 bits per heavy atom. The van der Waals surface area contributed by atoms with Crippen molar-refractivity contribution in [3.63, 3.8) is 0 Å². The van der Waals surface area contributed by atoms with Crippen molar-refractivity contribution in [2.75, 3.05) is 20.3 Å². The number of nitrogens with zero attached hydrogens (tertiary/aromatic N) is 3. The summed E-state index contributed by atoms with van der Waals surface area (Å²) in [5.41, 5.74) is 4.99. The van der Waals surface area contributed by atoms with E-state index in [-0.39, 0.29) is 12.6 Å². The van der Waals surface area contributed by atoms with Crippen LogP contribution in [-0.2, 0) is 44.4 Å². The van der Waals surface area contributed by atoms with Crippen molar-refractivity contribution < 1.29 is 23.7 Å². The maximum atomic E-state index is 7.80. The molecule has 4 atom stereocenters. The molecule has 8 nitrogen and oxygen atoms in total. The van der Waals surface area contributed by atoms with E-state index in [2.05, 4.69) is 107 Å². The summed E-state index contributed by atoms with van der Waals surface area (Å²) < 4.78 is 37.0. The molecule has 2 aromatic heterocycles. The van der Waals surface area contributed by atoms with Gasteiger partial charge in [0.2, 0.25) is 0 Å². The summed E-state index contributed by atoms with van der Waals surface area (Å²) in [6.07, 6.45) is 3.11. The Balaban J connectivity index is 1.21. The lowest BCUT2D eigenvalue weighted by molar-refractivity contribution is -0.162. The first-order valence-corrected chi connectivity index (χ1v) is 21.7. The fraction of sp³-hybridized carbons (Fsp3) is 0.222. The highest BCUT2D eigenvalue weighted by molar-refractivity contribution is 6.33. The Kier molecular flexibility index (Phi) is 13.1. The molecule has 9 heteroatoms. The van der Waals surface area contributed by atoms with Crippen LogP contribution in [0.2, 0.25) is 5.15 Å². The molecular weight excluding hydrogens is 806 g/mol. The van der Waals surface area contributed by atoms with E-state index in [1.807, 2.05) is 91.1 Å². The summed E-state index contributed by atoms with van der Waals surface area (Å²) in [4.78, 5) is 9.09. The van der Waals surface area contributed by atoms with Crippen LogP contribution in [0, 0.1) is 5.41 Å². The lowest BCUT2D eigenvalue weighted by atomic mass is 9.79. The van der Waals surface area contributed by atoms with Crippen molar-refractivity contribution in [2.45, 2.75) is 50.1 Å². The summed E-state index contributed by atoms with van der Waals surface area (Å²) in [6.45, 7) is 1.66. The third-order valence-corrected chi connectivity index (χ3v) is 12.5. The monoisotopic (exact) mass is 855 g/mol. The minimum Gasteiger partial charge on any atom is -0.497 e. The van der Waals surface area contributed by atoms with Gasteiger partial charge in [0.15, 0.2) is 0 Å². The molecule has 1 saturated carbocycles. The number of rotatable bonds is 18. The largest absolute Gasteiger partial charge is 0.497 e. The molecule has 0 unspecified atom stereocenters. The van der Waals surface area contributed by atoms with Crippen molar-refractivity contribution in [3.05, 3.63) is 233 Å². The third-order valence-electron chi connectivity index (χ3n) is 12.2. The van der Waals surface area contributed by atoms with E-state index >= 15 is 0 Å². The summed E-state index contributed by atoms with van der Waals surface area (Å²) >= 11 is 6.71. The number of hydrogen-bond acceptors (Lipinski definition) is 7. The molecule has 318 valence electrons. The van der Waals surface area contributed by atoms with Gasteiger partial charge in [0.1, 0.15) is 34.6 Å². The number of ether oxygens (including phenoxy) is 5. The van der Waals surface area contributed by atoms with Crippen molar-refractivity contribution >= 4 is 22.6 Å². The molecule has 1 fully saturated rings. The van der Waals surface area contributed by atoms with E-state index in [4.69, 9.17) is 40.3 Å². The van der Waals surface area contributed by atoms with Crippen molar-refractivity contribution in [1.82, 2.24) is 14.5 Å². The maximum absolute atomic E-state index is 7.80. The average molecular weight is 856 g/mol. The van der Waals surface area contributed by atoms with Gasteiger partial charge in [0.25, 0.3) is 0 Å². The number of fused-ring (bicyclic) bond motifs is 1. The first-order chi connectivity index (χ1) is 31.1. The predicted molar refractivity (Wildman–Crippen MR) is 246 cm³/mol. The Hall–Kier alpha value is -6.13. The number of methoxy groups -OCH3 is 1. The van der Waals surface area contributed by atoms with Gasteiger partial charge in [0.05, 0.1) is 57.7 Å². The second-order valence-electron chi connectivity index (χ2n) is 16.1. The van der Waals surface area contributed by atoms with Gasteiger partial charge in [-0.05, 0) is 58.0 Å². The molecule has 0 N–H and O–H groups in total. The fourth-order valence-corrected chi connectivity index (χ4v) is 9.30. The lowest BCUT2D eigenvalue weighted by Crippen LogP contribution is -2.48. The van der Waals surface area contributed by atoms with E-state index in [1.54, 1.807) is 7.11 Å². The molecule has 0 radical (unpaired) electrons. The van der Waals surface area contributed by atoms with Crippen LogP contribution >= 0.6 is 11.6 Å². The summed E-state index contributed by atoms with van der Waals surface area (Å²) in [5, 5.41) is 1.16. The Labute approximate surface area is 374 Å². The topological polar surface area (TPSA) is 76.9 Å². The second-order valence-corrected chi connectivity index (χ2v) is 16.5. The highest BCUT2D eigenvalue weighted by atomic mass is 35.5. The van der Waals surface area contributed by atoms with Gasteiger partial charge in [-0.1, -0.05) is 175 Å². The van der Waals surface area contributed by atoms with E-state index in [0.29, 0.717) is 38.0 Å². The Morgan fingerprint density at radius 2 is 1.13 bits per heavy atom. The van der Waals surface area contributed by atoms with Crippen molar-refractivity contribution in [2.24, 2.45) is 5.41 Å². The Morgan fingerprint density at radius 1 is 0.603 bits per heavy atom. The average Bonchev–Trinajstić information content (AvgIpc) is 3.92. The van der Waals surface area contributed by atoms with Crippen LogP contribution < -0.4 is 4.74 Å². The second kappa shape index (κ2) is 19.5. The van der Waals surface area contributed by atoms with Gasteiger partial charge in [-0.25, -0.2) is 9.97 Å². The molecule has 63 heavy (non-hydrogen) atoms. The standard InChI is InChI=1S/C54H50ClN3O5/c1-59-46-29-27-45(28-30-46)54(43-23-13-5-14-24-43,44-25-15-6-16-26-44)63-38-53(37-60-34-40-17-7-2-8-18-40)33-48(58-32-31-47-51(55)56-39-57-52(47)58)49(61-35-41-19-9-3-10-20-41)50(53)62-36-42-21-11-4-12-22-42/h2-32,39,48-50H,33-38H2,1H3/t48-,49+,50+,53+/m1/s1. The van der Waals surface area contributed by atoms with Crippen LogP contribution in [0.3, 0.4) is 0 Å². The minimum absolute atomic E-state index is 0.230. The van der Waals surface area contributed by atoms with E-state index < -0.39 is 23.2 Å². The van der Waals surface area contributed by atoms with E-state index in [9.17, 15) is 0 Å². The first-order valence-electron chi connectivity index (χ1n) is 21.4. The predicted octanol–water partition coefficient (Wildman–Crippen LogP) is 11.4. The molecule has 9 rings (SSSR count). The molecule has 0 bridgehead atoms. The van der Waals surface area contributed by atoms with Crippen LogP contribution in [0.5, 0.6) is 5.75 Å². The van der Waals surface area contributed by atoms with Crippen molar-refractivity contribution in [3.8, 4) is 5.75 Å². The zero-order valence-electron chi connectivity index (χ0n) is 35.2. The quantitative estimate of drug-likeness (QED) is 0.0628. The van der Waals surface area contributed by atoms with Gasteiger partial charge >= 0.3 is 0 Å². The van der Waals surface area contributed by atoms with Crippen LogP contribution in [0.25, 0.3) is 11.0 Å². The maximum Gasteiger partial charge on any atom is 0.145 e. The third kappa shape index (κ3) is 9.05. The van der Waals surface area contributed by atoms with Crippen LogP contribution in [-0.4, -0.2) is 47.1 Å². The zero-order chi connectivity index (χ0) is 42.9. The minimum atomic E-state index is -1.05. The molecule has 2 heterocycles. The van der Waals surface area contributed by atoms with Crippen LogP contribution in [0.1, 0.15) is 45.8 Å². The number of aromatic nitrogens is 3. The molecule has 1 aliphatic carbocycles. The fourth-order valence-electron chi connectivity index (χ4n) is 9.10. The smallest absolute Gasteiger partial charge is 0.145 e. The molecule has 0 amide bonds. The van der Waals surface area contributed by atoms with Gasteiger partial charge in [-0.3, -0.25) is 0 Å². The highest BCUT2D eigenvalue weighted by Gasteiger charge is 2.58. The molecule has 1 aliphatic rings. The van der Waals surface area contributed by atoms with Gasteiger partial charge in [-0.15, -0.1) is 0 Å². The molecule has 6 aromatic carbocycles.